The molecule has 4 heteroatoms. The van der Waals surface area contributed by atoms with Gasteiger partial charge in [0.15, 0.2) is 0 Å². The molecule has 62 valence electrons. The van der Waals surface area contributed by atoms with Crippen molar-refractivity contribution in [1.82, 2.24) is 0 Å². The summed E-state index contributed by atoms with van der Waals surface area (Å²) in [5, 5.41) is 2.61. The Balaban J connectivity index is 2.65. The Morgan fingerprint density at radius 3 is 1.60 bits per heavy atom. The van der Waals surface area contributed by atoms with Gasteiger partial charge in [0, 0.05) is 0 Å². The van der Waals surface area contributed by atoms with E-state index in [0.717, 1.165) is 0 Å². The summed E-state index contributed by atoms with van der Waals surface area (Å²) in [4.78, 5) is 0. The SMILES string of the molecule is CC[CH2][GeH2][O][O][GeH2][CH2]CC. The van der Waals surface area contributed by atoms with Gasteiger partial charge in [-0.2, -0.15) is 0 Å². The van der Waals surface area contributed by atoms with Crippen LogP contribution in [0.1, 0.15) is 26.7 Å². The van der Waals surface area contributed by atoms with Crippen LogP contribution in [-0.2, 0) is 7.83 Å². The summed E-state index contributed by atoms with van der Waals surface area (Å²) >= 11 is -1.34. The molecule has 0 aromatic heterocycles. The first-order chi connectivity index (χ1) is 4.91. The van der Waals surface area contributed by atoms with E-state index in [1.807, 2.05) is 0 Å². The molecule has 0 aromatic carbocycles. The van der Waals surface area contributed by atoms with Crippen LogP contribution >= 0.6 is 0 Å². The van der Waals surface area contributed by atoms with Crippen LogP contribution in [0.5, 0.6) is 0 Å². The van der Waals surface area contributed by atoms with E-state index >= 15 is 0 Å². The zero-order chi connectivity index (χ0) is 7.66. The minimum atomic E-state index is -0.668. The van der Waals surface area contributed by atoms with Crippen LogP contribution in [-0.4, -0.2) is 31.5 Å². The third-order valence-electron chi connectivity index (χ3n) is 1.25. The molecule has 0 aliphatic heterocycles. The number of hydrogen-bond donors (Lipinski definition) is 0. The standard InChI is InChI=1S/C6H18Ge2O2/c1-3-5-7-9-10-8-6-4-2/h3-8H2,1-2H3. The van der Waals surface area contributed by atoms with E-state index < -0.39 is 31.5 Å². The Hall–Kier alpha value is 1.01. The number of rotatable bonds is 7. The van der Waals surface area contributed by atoms with Crippen LogP contribution in [0.2, 0.25) is 10.5 Å². The van der Waals surface area contributed by atoms with E-state index in [1.165, 1.54) is 23.3 Å². The zero-order valence-corrected chi connectivity index (χ0v) is 13.0. The summed E-state index contributed by atoms with van der Waals surface area (Å²) < 4.78 is 10.3. The molecule has 0 spiro atoms. The van der Waals surface area contributed by atoms with Crippen molar-refractivity contribution in [1.29, 1.82) is 0 Å². The van der Waals surface area contributed by atoms with E-state index in [2.05, 4.69) is 13.8 Å². The first-order valence-electron chi connectivity index (χ1n) is 4.16. The van der Waals surface area contributed by atoms with Crippen LogP contribution < -0.4 is 0 Å². The maximum absolute atomic E-state index is 5.15. The van der Waals surface area contributed by atoms with Crippen molar-refractivity contribution < 1.29 is 7.83 Å². The Bertz CT molecular complexity index is 53.7. The average molecular weight is 267 g/mol. The molecule has 0 aliphatic carbocycles. The fourth-order valence-electron chi connectivity index (χ4n) is 0.524. The molecule has 0 aliphatic rings. The van der Waals surface area contributed by atoms with Gasteiger partial charge in [0.05, 0.1) is 0 Å². The fourth-order valence-corrected chi connectivity index (χ4v) is 5.29. The van der Waals surface area contributed by atoms with Gasteiger partial charge < -0.3 is 0 Å². The van der Waals surface area contributed by atoms with Crippen molar-refractivity contribution in [2.24, 2.45) is 0 Å². The molecule has 0 saturated heterocycles. The van der Waals surface area contributed by atoms with Gasteiger partial charge in [0.2, 0.25) is 0 Å². The van der Waals surface area contributed by atoms with Gasteiger partial charge >= 0.3 is 76.6 Å². The van der Waals surface area contributed by atoms with Crippen molar-refractivity contribution in [3.63, 3.8) is 0 Å². The number of hydrogen-bond acceptors (Lipinski definition) is 2. The Labute approximate surface area is 76.6 Å². The van der Waals surface area contributed by atoms with Crippen molar-refractivity contribution in [3.05, 3.63) is 0 Å². The van der Waals surface area contributed by atoms with Gasteiger partial charge in [-0.05, 0) is 0 Å². The van der Waals surface area contributed by atoms with E-state index in [9.17, 15) is 0 Å². The zero-order valence-electron chi connectivity index (χ0n) is 7.06. The van der Waals surface area contributed by atoms with Crippen LogP contribution in [0.15, 0.2) is 0 Å². The molecular weight excluding hydrogens is 249 g/mol. The van der Waals surface area contributed by atoms with Gasteiger partial charge in [0.25, 0.3) is 0 Å². The fraction of sp³-hybridized carbons (Fsp3) is 1.00. The third-order valence-corrected chi connectivity index (χ3v) is 8.29. The molecule has 0 N–H and O–H groups in total. The van der Waals surface area contributed by atoms with Gasteiger partial charge in [-0.3, -0.25) is 0 Å². The average Bonchev–Trinajstić information content (AvgIpc) is 1.97. The summed E-state index contributed by atoms with van der Waals surface area (Å²) in [5.41, 5.74) is 0. The minimum absolute atomic E-state index is 0.668. The molecule has 0 bridgehead atoms. The molecule has 0 amide bonds. The van der Waals surface area contributed by atoms with E-state index in [-0.39, 0.29) is 0 Å². The van der Waals surface area contributed by atoms with Crippen LogP contribution in [0.25, 0.3) is 0 Å². The van der Waals surface area contributed by atoms with Crippen molar-refractivity contribution >= 4 is 31.5 Å². The van der Waals surface area contributed by atoms with Crippen molar-refractivity contribution in [2.75, 3.05) is 0 Å². The summed E-state index contributed by atoms with van der Waals surface area (Å²) in [5.74, 6) is 0. The second kappa shape index (κ2) is 10.0. The van der Waals surface area contributed by atoms with Crippen molar-refractivity contribution in [3.8, 4) is 0 Å². The molecule has 0 unspecified atom stereocenters. The normalized spacial score (nSPS) is 12.6. The second-order valence-corrected chi connectivity index (χ2v) is 8.02. The van der Waals surface area contributed by atoms with E-state index in [1.54, 1.807) is 0 Å². The predicted octanol–water partition coefficient (Wildman–Crippen LogP) is 0.759. The van der Waals surface area contributed by atoms with Gasteiger partial charge in [-0.1, -0.05) is 0 Å². The maximum atomic E-state index is 5.15. The van der Waals surface area contributed by atoms with Gasteiger partial charge in [0.1, 0.15) is 0 Å². The molecule has 0 heterocycles. The predicted molar refractivity (Wildman–Crippen MR) is 49.5 cm³/mol. The third kappa shape index (κ3) is 9.01. The molecule has 0 fully saturated rings. The second-order valence-electron chi connectivity index (χ2n) is 2.35. The summed E-state index contributed by atoms with van der Waals surface area (Å²) in [6, 6.07) is 0. The molecule has 10 heavy (non-hydrogen) atoms. The summed E-state index contributed by atoms with van der Waals surface area (Å²) in [6.07, 6.45) is 2.54. The molecule has 0 aromatic rings. The monoisotopic (exact) mass is 270 g/mol. The quantitative estimate of drug-likeness (QED) is 0.293. The first-order valence-corrected chi connectivity index (χ1v) is 10.8. The van der Waals surface area contributed by atoms with E-state index in [4.69, 9.17) is 7.83 Å². The molecular formula is C6H18Ge2O2. The van der Waals surface area contributed by atoms with Crippen LogP contribution in [0.3, 0.4) is 0 Å². The molecule has 0 saturated carbocycles. The first kappa shape index (κ1) is 11.0. The summed E-state index contributed by atoms with van der Waals surface area (Å²) in [7, 11) is 0. The van der Waals surface area contributed by atoms with Gasteiger partial charge in [-0.15, -0.1) is 0 Å². The Morgan fingerprint density at radius 2 is 1.30 bits per heavy atom. The molecule has 0 radical (unpaired) electrons. The Kier molecular flexibility index (Phi) is 11.0. The van der Waals surface area contributed by atoms with Crippen molar-refractivity contribution in [2.45, 2.75) is 37.2 Å². The van der Waals surface area contributed by atoms with Crippen LogP contribution in [0, 0.1) is 0 Å². The topological polar surface area (TPSA) is 18.5 Å². The molecule has 2 nitrogen and oxygen atoms in total. The molecule has 0 rings (SSSR count). The molecule has 0 atom stereocenters. The van der Waals surface area contributed by atoms with Crippen LogP contribution in [0.4, 0.5) is 0 Å². The van der Waals surface area contributed by atoms with E-state index in [0.29, 0.717) is 0 Å². The van der Waals surface area contributed by atoms with Gasteiger partial charge in [-0.25, -0.2) is 0 Å². The Morgan fingerprint density at radius 1 is 0.900 bits per heavy atom. The summed E-state index contributed by atoms with van der Waals surface area (Å²) in [6.45, 7) is 4.39.